The molecule has 0 aliphatic carbocycles. The molecule has 1 aromatic carbocycles. The van der Waals surface area contributed by atoms with Gasteiger partial charge in [0, 0.05) is 28.8 Å². The van der Waals surface area contributed by atoms with Crippen molar-refractivity contribution in [3.63, 3.8) is 0 Å². The highest BCUT2D eigenvalue weighted by Crippen LogP contribution is 2.35. The molecule has 1 N–H and O–H groups in total. The van der Waals surface area contributed by atoms with Gasteiger partial charge in [0.25, 0.3) is 0 Å². The number of rotatable bonds is 2. The van der Waals surface area contributed by atoms with E-state index in [1.807, 2.05) is 14.0 Å². The van der Waals surface area contributed by atoms with E-state index in [0.29, 0.717) is 6.04 Å². The number of nitrogens with one attached hydrogen (secondary N) is 1. The number of nitrogens with zero attached hydrogens (tertiary/aromatic N) is 1. The van der Waals surface area contributed by atoms with Crippen LogP contribution in [0.1, 0.15) is 25.8 Å². The van der Waals surface area contributed by atoms with Crippen LogP contribution in [0.15, 0.2) is 18.2 Å². The van der Waals surface area contributed by atoms with Crippen LogP contribution in [0.5, 0.6) is 0 Å². The summed E-state index contributed by atoms with van der Waals surface area (Å²) in [6.07, 6.45) is 1.18. The Morgan fingerprint density at radius 2 is 2.12 bits per heavy atom. The number of hydrogen-bond acceptors (Lipinski definition) is 2. The molecule has 1 aromatic rings. The zero-order valence-corrected chi connectivity index (χ0v) is 11.8. The fraction of sp³-hybridized carbons (Fsp3) is 0.571. The minimum atomic E-state index is 0.132. The summed E-state index contributed by atoms with van der Waals surface area (Å²) in [4.78, 5) is 2.44. The van der Waals surface area contributed by atoms with Gasteiger partial charge in [-0.05, 0) is 51.9 Å². The molecule has 94 valence electrons. The molecule has 0 spiro atoms. The first-order valence-corrected chi connectivity index (χ1v) is 6.55. The lowest BCUT2D eigenvalue weighted by molar-refractivity contribution is 0.403. The smallest absolute Gasteiger partial charge is 0.0499 e. The van der Waals surface area contributed by atoms with Crippen molar-refractivity contribution in [1.29, 1.82) is 0 Å². The van der Waals surface area contributed by atoms with Crippen molar-refractivity contribution in [2.75, 3.05) is 18.5 Å². The second-order valence-corrected chi connectivity index (χ2v) is 5.78. The number of aryl methyl sites for hydroxylation is 1. The third-order valence-electron chi connectivity index (χ3n) is 4.01. The minimum absolute atomic E-state index is 0.132. The Hall–Kier alpha value is -0.730. The highest BCUT2D eigenvalue weighted by molar-refractivity contribution is 6.31. The molecule has 1 unspecified atom stereocenters. The maximum Gasteiger partial charge on any atom is 0.0499 e. The molecule has 1 fully saturated rings. The van der Waals surface area contributed by atoms with Gasteiger partial charge in [-0.1, -0.05) is 17.7 Å². The van der Waals surface area contributed by atoms with E-state index in [2.05, 4.69) is 42.3 Å². The third kappa shape index (κ3) is 2.16. The average Bonchev–Trinajstić information content (AvgIpc) is 2.57. The van der Waals surface area contributed by atoms with Gasteiger partial charge in [-0.15, -0.1) is 0 Å². The Bertz CT molecular complexity index is 415. The Labute approximate surface area is 109 Å². The molecule has 0 aromatic heterocycles. The summed E-state index contributed by atoms with van der Waals surface area (Å²) in [5.41, 5.74) is 2.49. The van der Waals surface area contributed by atoms with E-state index in [9.17, 15) is 0 Å². The van der Waals surface area contributed by atoms with Gasteiger partial charge in [-0.25, -0.2) is 0 Å². The van der Waals surface area contributed by atoms with Gasteiger partial charge in [-0.3, -0.25) is 0 Å². The van der Waals surface area contributed by atoms with Crippen molar-refractivity contribution < 1.29 is 0 Å². The molecule has 1 atom stereocenters. The number of benzene rings is 1. The highest BCUT2D eigenvalue weighted by atomic mass is 35.5. The van der Waals surface area contributed by atoms with Gasteiger partial charge in [-0.2, -0.15) is 0 Å². The quantitative estimate of drug-likeness (QED) is 0.870. The summed E-state index contributed by atoms with van der Waals surface area (Å²) < 4.78 is 0. The molecule has 1 saturated heterocycles. The zero-order chi connectivity index (χ0) is 12.6. The van der Waals surface area contributed by atoms with Crippen molar-refractivity contribution >= 4 is 17.3 Å². The van der Waals surface area contributed by atoms with Crippen molar-refractivity contribution in [3.05, 3.63) is 28.8 Å². The molecule has 2 rings (SSSR count). The Balaban J connectivity index is 2.32. The first kappa shape index (κ1) is 12.7. The molecule has 2 nitrogen and oxygen atoms in total. The average molecular weight is 253 g/mol. The van der Waals surface area contributed by atoms with Crippen LogP contribution < -0.4 is 10.2 Å². The van der Waals surface area contributed by atoms with Crippen LogP contribution in [0.4, 0.5) is 5.69 Å². The van der Waals surface area contributed by atoms with Gasteiger partial charge < -0.3 is 10.2 Å². The lowest BCUT2D eigenvalue weighted by Crippen LogP contribution is -2.50. The lowest BCUT2D eigenvalue weighted by atomic mass is 9.95. The molecule has 0 saturated carbocycles. The summed E-state index contributed by atoms with van der Waals surface area (Å²) >= 11 is 6.21. The third-order valence-corrected chi connectivity index (χ3v) is 4.41. The second-order valence-electron chi connectivity index (χ2n) is 5.37. The van der Waals surface area contributed by atoms with Crippen molar-refractivity contribution in [2.45, 2.75) is 38.8 Å². The molecule has 3 heteroatoms. The van der Waals surface area contributed by atoms with Crippen LogP contribution in [0.3, 0.4) is 0 Å². The van der Waals surface area contributed by atoms with Gasteiger partial charge in [0.2, 0.25) is 0 Å². The van der Waals surface area contributed by atoms with E-state index < -0.39 is 0 Å². The molecular weight excluding hydrogens is 232 g/mol. The fourth-order valence-corrected chi connectivity index (χ4v) is 2.97. The van der Waals surface area contributed by atoms with Crippen molar-refractivity contribution in [1.82, 2.24) is 5.32 Å². The van der Waals surface area contributed by atoms with Crippen LogP contribution >= 0.6 is 11.6 Å². The Kier molecular flexibility index (Phi) is 3.37. The van der Waals surface area contributed by atoms with Crippen LogP contribution in [-0.4, -0.2) is 25.2 Å². The first-order valence-electron chi connectivity index (χ1n) is 6.18. The Morgan fingerprint density at radius 3 is 2.65 bits per heavy atom. The van der Waals surface area contributed by atoms with E-state index in [1.54, 1.807) is 0 Å². The normalized spacial score (nSPS) is 23.1. The monoisotopic (exact) mass is 252 g/mol. The van der Waals surface area contributed by atoms with Crippen molar-refractivity contribution in [2.24, 2.45) is 0 Å². The molecular formula is C14H21ClN2. The van der Waals surface area contributed by atoms with E-state index in [4.69, 9.17) is 11.6 Å². The standard InChI is InChI=1S/C14H21ClN2/c1-10-5-6-11(9-12(10)15)17-8-7-13(16-4)14(17,2)3/h5-6,9,13,16H,7-8H2,1-4H3. The highest BCUT2D eigenvalue weighted by Gasteiger charge is 2.40. The van der Waals surface area contributed by atoms with Gasteiger partial charge in [0.15, 0.2) is 0 Å². The summed E-state index contributed by atoms with van der Waals surface area (Å²) in [5, 5.41) is 4.26. The van der Waals surface area contributed by atoms with Crippen LogP contribution in [0.2, 0.25) is 5.02 Å². The topological polar surface area (TPSA) is 15.3 Å². The van der Waals surface area contributed by atoms with Crippen LogP contribution in [0, 0.1) is 6.92 Å². The summed E-state index contributed by atoms with van der Waals surface area (Å²) in [7, 11) is 2.04. The lowest BCUT2D eigenvalue weighted by Gasteiger charge is -2.37. The molecule has 0 radical (unpaired) electrons. The fourth-order valence-electron chi connectivity index (χ4n) is 2.80. The predicted octanol–water partition coefficient (Wildman–Crippen LogP) is 3.23. The number of halogens is 1. The first-order chi connectivity index (χ1) is 7.96. The summed E-state index contributed by atoms with van der Waals surface area (Å²) in [5.74, 6) is 0. The molecule has 1 heterocycles. The summed E-state index contributed by atoms with van der Waals surface area (Å²) in [6, 6.07) is 6.88. The SMILES string of the molecule is CNC1CCN(c2ccc(C)c(Cl)c2)C1(C)C. The number of anilines is 1. The molecule has 0 bridgehead atoms. The molecule has 1 aliphatic heterocycles. The van der Waals surface area contributed by atoms with Crippen LogP contribution in [0.25, 0.3) is 0 Å². The summed E-state index contributed by atoms with van der Waals surface area (Å²) in [6.45, 7) is 7.69. The molecule has 0 amide bonds. The van der Waals surface area contributed by atoms with Gasteiger partial charge in [0.1, 0.15) is 0 Å². The largest absolute Gasteiger partial charge is 0.365 e. The minimum Gasteiger partial charge on any atom is -0.365 e. The number of hydrogen-bond donors (Lipinski definition) is 1. The van der Waals surface area contributed by atoms with Gasteiger partial charge >= 0.3 is 0 Å². The number of likely N-dealkylation sites (N-methyl/N-ethyl adjacent to an activating group) is 1. The van der Waals surface area contributed by atoms with E-state index in [0.717, 1.165) is 17.1 Å². The van der Waals surface area contributed by atoms with Gasteiger partial charge in [0.05, 0.1) is 0 Å². The predicted molar refractivity (Wildman–Crippen MR) is 75.1 cm³/mol. The van der Waals surface area contributed by atoms with Crippen LogP contribution in [-0.2, 0) is 0 Å². The molecule has 17 heavy (non-hydrogen) atoms. The van der Waals surface area contributed by atoms with E-state index >= 15 is 0 Å². The van der Waals surface area contributed by atoms with E-state index in [1.165, 1.54) is 12.1 Å². The second kappa shape index (κ2) is 4.51. The van der Waals surface area contributed by atoms with Crippen molar-refractivity contribution in [3.8, 4) is 0 Å². The Morgan fingerprint density at radius 1 is 1.41 bits per heavy atom. The molecule has 1 aliphatic rings. The zero-order valence-electron chi connectivity index (χ0n) is 11.0. The van der Waals surface area contributed by atoms with E-state index in [-0.39, 0.29) is 5.54 Å². The maximum absolute atomic E-state index is 6.21. The maximum atomic E-state index is 6.21.